The molecule has 68 valence electrons. The summed E-state index contributed by atoms with van der Waals surface area (Å²) in [6, 6.07) is 0. The van der Waals surface area contributed by atoms with Gasteiger partial charge in [-0.1, -0.05) is 12.2 Å². The molecule has 0 unspecified atom stereocenters. The van der Waals surface area contributed by atoms with Gasteiger partial charge in [0.2, 0.25) is 0 Å². The summed E-state index contributed by atoms with van der Waals surface area (Å²) < 4.78 is 0. The zero-order valence-corrected chi connectivity index (χ0v) is 7.57. The van der Waals surface area contributed by atoms with Crippen LogP contribution in [-0.4, -0.2) is 12.0 Å². The number of nitrogens with two attached hydrogens (primary N) is 1. The Bertz CT molecular complexity index is 86.1. The number of allylic oxidation sites excluding steroid dienone is 2. The minimum absolute atomic E-state index is 0. The lowest BCUT2D eigenvalue weighted by Gasteiger charge is -2.07. The lowest BCUT2D eigenvalue weighted by atomic mass is 10.0. The molecule has 0 aromatic carbocycles. The van der Waals surface area contributed by atoms with Crippen LogP contribution in [0.3, 0.4) is 0 Å². The van der Waals surface area contributed by atoms with Crippen molar-refractivity contribution in [1.29, 1.82) is 0 Å². The van der Waals surface area contributed by atoms with Crippen LogP contribution in [0.15, 0.2) is 25.3 Å². The Hall–Kier alpha value is -0.310. The molecule has 2 nitrogen and oxygen atoms in total. The predicted molar refractivity (Wildman–Crippen MR) is 53.0 cm³/mol. The fourth-order valence-corrected chi connectivity index (χ4v) is 0.760. The highest BCUT2D eigenvalue weighted by Gasteiger charge is 1.99. The Morgan fingerprint density at radius 1 is 1.18 bits per heavy atom. The average molecular weight is 180 g/mol. The Kier molecular flexibility index (Phi) is 19.1. The van der Waals surface area contributed by atoms with Crippen LogP contribution >= 0.6 is 12.4 Å². The van der Waals surface area contributed by atoms with Crippen molar-refractivity contribution < 1.29 is 5.48 Å². The maximum absolute atomic E-state index is 5.45. The summed E-state index contributed by atoms with van der Waals surface area (Å²) in [6.45, 7) is 8.02. The highest BCUT2D eigenvalue weighted by Crippen LogP contribution is 2.06. The number of rotatable bonds is 5. The Morgan fingerprint density at radius 3 is 1.73 bits per heavy atom. The van der Waals surface area contributed by atoms with Crippen LogP contribution < -0.4 is 5.73 Å². The lowest BCUT2D eigenvalue weighted by molar-refractivity contribution is 0.556. The highest BCUT2D eigenvalue weighted by molar-refractivity contribution is 5.85. The van der Waals surface area contributed by atoms with Crippen molar-refractivity contribution in [3.63, 3.8) is 0 Å². The first kappa shape index (κ1) is 17.0. The molecule has 0 atom stereocenters. The maximum atomic E-state index is 5.45. The molecule has 0 bridgehead atoms. The molecule has 0 rings (SSSR count). The van der Waals surface area contributed by atoms with Crippen LogP contribution in [0.2, 0.25) is 0 Å². The third-order valence-electron chi connectivity index (χ3n) is 1.33. The summed E-state index contributed by atoms with van der Waals surface area (Å²) in [6.07, 6.45) is 5.81. The third kappa shape index (κ3) is 9.69. The molecule has 3 heteroatoms. The molecule has 0 spiro atoms. The van der Waals surface area contributed by atoms with Crippen LogP contribution in [0, 0.1) is 5.92 Å². The van der Waals surface area contributed by atoms with E-state index < -0.39 is 0 Å². The normalized spacial score (nSPS) is 7.82. The molecular formula is C8H18ClNO. The Labute approximate surface area is 74.9 Å². The van der Waals surface area contributed by atoms with E-state index in [9.17, 15) is 0 Å². The van der Waals surface area contributed by atoms with Crippen LogP contribution in [0.25, 0.3) is 0 Å². The Morgan fingerprint density at radius 2 is 1.55 bits per heavy atom. The second-order valence-corrected chi connectivity index (χ2v) is 2.15. The Balaban J connectivity index is -0.000000320. The zero-order chi connectivity index (χ0) is 7.11. The molecule has 4 N–H and O–H groups in total. The van der Waals surface area contributed by atoms with Gasteiger partial charge in [-0.25, -0.2) is 0 Å². The van der Waals surface area contributed by atoms with Gasteiger partial charge in [0, 0.05) is 0 Å². The summed E-state index contributed by atoms with van der Waals surface area (Å²) in [5, 5.41) is 0. The topological polar surface area (TPSA) is 57.5 Å². The van der Waals surface area contributed by atoms with E-state index in [2.05, 4.69) is 13.2 Å². The zero-order valence-electron chi connectivity index (χ0n) is 6.75. The van der Waals surface area contributed by atoms with E-state index in [1.54, 1.807) is 0 Å². The first-order chi connectivity index (χ1) is 4.35. The highest BCUT2D eigenvalue weighted by atomic mass is 35.5. The van der Waals surface area contributed by atoms with Crippen molar-refractivity contribution >= 4 is 12.4 Å². The molecule has 0 saturated carbocycles. The predicted octanol–water partition coefficient (Wildman–Crippen LogP) is 1.31. The van der Waals surface area contributed by atoms with Gasteiger partial charge in [-0.3, -0.25) is 0 Å². The summed E-state index contributed by atoms with van der Waals surface area (Å²) >= 11 is 0. The van der Waals surface area contributed by atoms with E-state index in [0.717, 1.165) is 19.4 Å². The quantitative estimate of drug-likeness (QED) is 0.636. The molecule has 0 aliphatic rings. The van der Waals surface area contributed by atoms with Crippen LogP contribution in [0.4, 0.5) is 0 Å². The largest absolute Gasteiger partial charge is 0.412 e. The van der Waals surface area contributed by atoms with Crippen molar-refractivity contribution in [2.24, 2.45) is 11.7 Å². The minimum atomic E-state index is 0. The second kappa shape index (κ2) is 12.4. The van der Waals surface area contributed by atoms with Crippen LogP contribution in [-0.2, 0) is 0 Å². The number of hydrogen-bond acceptors (Lipinski definition) is 1. The second-order valence-electron chi connectivity index (χ2n) is 2.15. The summed E-state index contributed by atoms with van der Waals surface area (Å²) in [5.74, 6) is 0.556. The van der Waals surface area contributed by atoms with Crippen molar-refractivity contribution in [2.75, 3.05) is 6.54 Å². The van der Waals surface area contributed by atoms with Gasteiger partial charge in [0.05, 0.1) is 0 Å². The van der Waals surface area contributed by atoms with Gasteiger partial charge < -0.3 is 11.2 Å². The molecule has 0 heterocycles. The van der Waals surface area contributed by atoms with E-state index in [4.69, 9.17) is 5.73 Å². The average Bonchev–Trinajstić information content (AvgIpc) is 1.88. The standard InChI is InChI=1S/C8H15N.ClH.H2O/c1-3-5-8(7-9)6-4-2;;/h3-4,8H,1-2,5-7,9H2;1H;1H2. The molecule has 0 amide bonds. The first-order valence-electron chi connectivity index (χ1n) is 3.27. The summed E-state index contributed by atoms with van der Waals surface area (Å²) in [7, 11) is 0. The van der Waals surface area contributed by atoms with Crippen LogP contribution in [0.1, 0.15) is 12.8 Å². The maximum Gasteiger partial charge on any atom is -0.00429 e. The van der Waals surface area contributed by atoms with E-state index in [1.165, 1.54) is 0 Å². The first-order valence-corrected chi connectivity index (χ1v) is 3.27. The van der Waals surface area contributed by atoms with E-state index in [0.29, 0.717) is 5.92 Å². The van der Waals surface area contributed by atoms with E-state index in [1.807, 2.05) is 12.2 Å². The van der Waals surface area contributed by atoms with Gasteiger partial charge in [-0.05, 0) is 25.3 Å². The summed E-state index contributed by atoms with van der Waals surface area (Å²) in [4.78, 5) is 0. The SMILES string of the molecule is C=CCC(CN)CC=C.Cl.O. The van der Waals surface area contributed by atoms with Crippen molar-refractivity contribution in [1.82, 2.24) is 0 Å². The number of hydrogen-bond donors (Lipinski definition) is 1. The minimum Gasteiger partial charge on any atom is -0.412 e. The van der Waals surface area contributed by atoms with Gasteiger partial charge in [0.1, 0.15) is 0 Å². The molecule has 0 radical (unpaired) electrons. The van der Waals surface area contributed by atoms with Gasteiger partial charge >= 0.3 is 0 Å². The third-order valence-corrected chi connectivity index (χ3v) is 1.33. The van der Waals surface area contributed by atoms with Gasteiger partial charge in [-0.15, -0.1) is 25.6 Å². The van der Waals surface area contributed by atoms with E-state index >= 15 is 0 Å². The fraction of sp³-hybridized carbons (Fsp3) is 0.500. The molecule has 0 aromatic rings. The molecule has 0 aliphatic carbocycles. The van der Waals surface area contributed by atoms with Crippen molar-refractivity contribution in [2.45, 2.75) is 12.8 Å². The van der Waals surface area contributed by atoms with Gasteiger partial charge in [0.15, 0.2) is 0 Å². The monoisotopic (exact) mass is 179 g/mol. The molecule has 0 saturated heterocycles. The van der Waals surface area contributed by atoms with Gasteiger partial charge in [-0.2, -0.15) is 0 Å². The molecule has 0 fully saturated rings. The van der Waals surface area contributed by atoms with Crippen molar-refractivity contribution in [3.8, 4) is 0 Å². The fourth-order valence-electron chi connectivity index (χ4n) is 0.760. The van der Waals surface area contributed by atoms with Crippen molar-refractivity contribution in [3.05, 3.63) is 25.3 Å². The van der Waals surface area contributed by atoms with Gasteiger partial charge in [0.25, 0.3) is 0 Å². The lowest BCUT2D eigenvalue weighted by Crippen LogP contribution is -2.12. The molecule has 11 heavy (non-hydrogen) atoms. The smallest absolute Gasteiger partial charge is 0.00429 e. The summed E-state index contributed by atoms with van der Waals surface area (Å²) in [5.41, 5.74) is 5.45. The molecular weight excluding hydrogens is 162 g/mol. The van der Waals surface area contributed by atoms with E-state index in [-0.39, 0.29) is 17.9 Å². The number of halogens is 1. The molecule has 0 aromatic heterocycles. The van der Waals surface area contributed by atoms with Crippen LogP contribution in [0.5, 0.6) is 0 Å². The molecule has 0 aliphatic heterocycles.